The molecule has 0 fully saturated rings. The summed E-state index contributed by atoms with van der Waals surface area (Å²) in [5.74, 6) is -0.838. The molecule has 0 saturated carbocycles. The maximum atomic E-state index is 13.3. The van der Waals surface area contributed by atoms with Gasteiger partial charge in [0.1, 0.15) is 24.2 Å². The Balaban J connectivity index is 2.35. The minimum absolute atomic E-state index is 0.0115. The molecule has 32 heavy (non-hydrogen) atoms. The molecule has 0 bridgehead atoms. The van der Waals surface area contributed by atoms with Crippen LogP contribution in [0.25, 0.3) is 0 Å². The molecule has 2 aromatic rings. The Labute approximate surface area is 188 Å². The summed E-state index contributed by atoms with van der Waals surface area (Å²) in [6.45, 7) is 3.20. The number of nitrogens with zero attached hydrogens (tertiary/aromatic N) is 2. The Morgan fingerprint density at radius 1 is 1.09 bits per heavy atom. The van der Waals surface area contributed by atoms with E-state index < -0.39 is 34.3 Å². The van der Waals surface area contributed by atoms with Crippen LogP contribution in [0.5, 0.6) is 5.75 Å². The van der Waals surface area contributed by atoms with Crippen molar-refractivity contribution in [1.82, 2.24) is 10.2 Å². The molecule has 2 aromatic carbocycles. The second-order valence-corrected chi connectivity index (χ2v) is 9.09. The number of anilines is 1. The lowest BCUT2D eigenvalue weighted by atomic mass is 10.1. The van der Waals surface area contributed by atoms with Crippen LogP contribution in [0.2, 0.25) is 0 Å². The largest absolute Gasteiger partial charge is 0.497 e. The number of hydrogen-bond acceptors (Lipinski definition) is 5. The number of sulfonamides is 1. The highest BCUT2D eigenvalue weighted by Crippen LogP contribution is 2.22. The van der Waals surface area contributed by atoms with Gasteiger partial charge in [0.15, 0.2) is 0 Å². The van der Waals surface area contributed by atoms with E-state index in [0.29, 0.717) is 17.9 Å². The monoisotopic (exact) mass is 465 g/mol. The van der Waals surface area contributed by atoms with Crippen molar-refractivity contribution in [2.75, 3.05) is 30.8 Å². The van der Waals surface area contributed by atoms with Gasteiger partial charge in [0.25, 0.3) is 0 Å². The van der Waals surface area contributed by atoms with Gasteiger partial charge in [-0.05, 0) is 55.8 Å². The van der Waals surface area contributed by atoms with E-state index in [1.807, 2.05) is 0 Å². The lowest BCUT2D eigenvalue weighted by Crippen LogP contribution is -2.51. The SMILES string of the molecule is CCNC(=O)C(C)N(Cc1ccc(F)cc1)C(=O)CN(c1ccc(OC)cc1)S(C)(=O)=O. The first-order valence-electron chi connectivity index (χ1n) is 10.00. The molecule has 0 saturated heterocycles. The van der Waals surface area contributed by atoms with E-state index in [1.54, 1.807) is 26.0 Å². The third-order valence-corrected chi connectivity index (χ3v) is 5.96. The molecule has 0 spiro atoms. The van der Waals surface area contributed by atoms with E-state index in [2.05, 4.69) is 5.32 Å². The van der Waals surface area contributed by atoms with Crippen molar-refractivity contribution >= 4 is 27.5 Å². The summed E-state index contributed by atoms with van der Waals surface area (Å²) in [5.41, 5.74) is 0.889. The Morgan fingerprint density at radius 3 is 2.19 bits per heavy atom. The molecule has 174 valence electrons. The van der Waals surface area contributed by atoms with E-state index in [1.165, 1.54) is 48.4 Å². The van der Waals surface area contributed by atoms with E-state index in [9.17, 15) is 22.4 Å². The summed E-state index contributed by atoms with van der Waals surface area (Å²) < 4.78 is 44.3. The van der Waals surface area contributed by atoms with Crippen LogP contribution < -0.4 is 14.4 Å². The molecule has 1 N–H and O–H groups in total. The topological polar surface area (TPSA) is 96.0 Å². The molecule has 1 atom stereocenters. The van der Waals surface area contributed by atoms with Crippen LogP contribution in [0, 0.1) is 5.82 Å². The van der Waals surface area contributed by atoms with Gasteiger partial charge < -0.3 is 15.0 Å². The van der Waals surface area contributed by atoms with Crippen molar-refractivity contribution < 1.29 is 27.1 Å². The Morgan fingerprint density at radius 2 is 1.69 bits per heavy atom. The molecule has 1 unspecified atom stereocenters. The van der Waals surface area contributed by atoms with Crippen LogP contribution in [-0.4, -0.2) is 57.6 Å². The molecule has 8 nitrogen and oxygen atoms in total. The van der Waals surface area contributed by atoms with Crippen LogP contribution >= 0.6 is 0 Å². The number of methoxy groups -OCH3 is 1. The number of rotatable bonds is 10. The molecule has 0 aliphatic rings. The smallest absolute Gasteiger partial charge is 0.244 e. The average Bonchev–Trinajstić information content (AvgIpc) is 2.76. The summed E-state index contributed by atoms with van der Waals surface area (Å²) in [5, 5.41) is 2.66. The Hall–Kier alpha value is -3.14. The van der Waals surface area contributed by atoms with Gasteiger partial charge in [-0.25, -0.2) is 12.8 Å². The zero-order valence-corrected chi connectivity index (χ0v) is 19.4. The lowest BCUT2D eigenvalue weighted by molar-refractivity contribution is -0.139. The van der Waals surface area contributed by atoms with Gasteiger partial charge in [-0.15, -0.1) is 0 Å². The van der Waals surface area contributed by atoms with E-state index in [-0.39, 0.29) is 18.1 Å². The lowest BCUT2D eigenvalue weighted by Gasteiger charge is -2.31. The highest BCUT2D eigenvalue weighted by molar-refractivity contribution is 7.92. The molecule has 10 heteroatoms. The number of halogens is 1. The van der Waals surface area contributed by atoms with Crippen molar-refractivity contribution in [2.45, 2.75) is 26.4 Å². The zero-order valence-electron chi connectivity index (χ0n) is 18.5. The van der Waals surface area contributed by atoms with Crippen LogP contribution in [0.1, 0.15) is 19.4 Å². The maximum Gasteiger partial charge on any atom is 0.244 e. The number of likely N-dealkylation sites (N-methyl/N-ethyl adjacent to an activating group) is 1. The van der Waals surface area contributed by atoms with E-state index >= 15 is 0 Å². The number of carbonyl (C=O) groups excluding carboxylic acids is 2. The van der Waals surface area contributed by atoms with E-state index in [0.717, 1.165) is 10.6 Å². The minimum atomic E-state index is -3.81. The minimum Gasteiger partial charge on any atom is -0.497 e. The first kappa shape index (κ1) is 25.1. The molecule has 0 aliphatic heterocycles. The molecule has 0 aliphatic carbocycles. The molecule has 2 amide bonds. The van der Waals surface area contributed by atoms with Crippen molar-refractivity contribution in [3.05, 3.63) is 59.9 Å². The second-order valence-electron chi connectivity index (χ2n) is 7.19. The fraction of sp³-hybridized carbons (Fsp3) is 0.364. The van der Waals surface area contributed by atoms with E-state index in [4.69, 9.17) is 4.74 Å². The van der Waals surface area contributed by atoms with Gasteiger partial charge in [0, 0.05) is 13.1 Å². The first-order valence-corrected chi connectivity index (χ1v) is 11.8. The van der Waals surface area contributed by atoms with Crippen molar-refractivity contribution in [2.24, 2.45) is 0 Å². The van der Waals surface area contributed by atoms with Crippen molar-refractivity contribution in [3.8, 4) is 5.75 Å². The quantitative estimate of drug-likeness (QED) is 0.580. The highest BCUT2D eigenvalue weighted by Gasteiger charge is 2.29. The van der Waals surface area contributed by atoms with Gasteiger partial charge in [-0.1, -0.05) is 12.1 Å². The van der Waals surface area contributed by atoms with Gasteiger partial charge in [0.2, 0.25) is 21.8 Å². The average molecular weight is 466 g/mol. The fourth-order valence-corrected chi connectivity index (χ4v) is 3.90. The highest BCUT2D eigenvalue weighted by atomic mass is 32.2. The molecule has 0 radical (unpaired) electrons. The molecular formula is C22H28FN3O5S. The standard InChI is InChI=1S/C22H28FN3O5S/c1-5-24-22(28)16(2)25(14-17-6-8-18(23)9-7-17)21(27)15-26(32(4,29)30)19-10-12-20(31-3)13-11-19/h6-13,16H,5,14-15H2,1-4H3,(H,24,28). The van der Waals surface area contributed by atoms with Gasteiger partial charge in [0.05, 0.1) is 19.1 Å². The third kappa shape index (κ3) is 6.68. The van der Waals surface area contributed by atoms with Crippen LogP contribution in [0.15, 0.2) is 48.5 Å². The Bertz CT molecular complexity index is 1030. The normalized spacial score (nSPS) is 12.0. The summed E-state index contributed by atoms with van der Waals surface area (Å²) in [6, 6.07) is 10.9. The first-order chi connectivity index (χ1) is 15.1. The summed E-state index contributed by atoms with van der Waals surface area (Å²) >= 11 is 0. The summed E-state index contributed by atoms with van der Waals surface area (Å²) in [7, 11) is -2.32. The Kier molecular flexibility index (Phi) is 8.59. The number of carbonyl (C=O) groups is 2. The summed E-state index contributed by atoms with van der Waals surface area (Å²) in [6.07, 6.45) is 1.00. The van der Waals surface area contributed by atoms with Crippen molar-refractivity contribution in [1.29, 1.82) is 0 Å². The number of ether oxygens (including phenoxy) is 1. The third-order valence-electron chi connectivity index (χ3n) is 4.82. The van der Waals surface area contributed by atoms with Gasteiger partial charge >= 0.3 is 0 Å². The second kappa shape index (κ2) is 10.9. The number of amides is 2. The number of nitrogens with one attached hydrogen (secondary N) is 1. The van der Waals surface area contributed by atoms with Gasteiger partial charge in [-0.2, -0.15) is 0 Å². The maximum absolute atomic E-state index is 13.3. The molecular weight excluding hydrogens is 437 g/mol. The summed E-state index contributed by atoms with van der Waals surface area (Å²) in [4.78, 5) is 27.0. The van der Waals surface area contributed by atoms with Crippen LogP contribution in [0.4, 0.5) is 10.1 Å². The molecule has 0 aromatic heterocycles. The van der Waals surface area contributed by atoms with Crippen molar-refractivity contribution in [3.63, 3.8) is 0 Å². The number of benzene rings is 2. The van der Waals surface area contributed by atoms with Gasteiger partial charge in [-0.3, -0.25) is 13.9 Å². The predicted molar refractivity (Wildman–Crippen MR) is 120 cm³/mol. The fourth-order valence-electron chi connectivity index (χ4n) is 3.05. The van der Waals surface area contributed by atoms with Crippen LogP contribution in [0.3, 0.4) is 0 Å². The molecule has 0 heterocycles. The predicted octanol–water partition coefficient (Wildman–Crippen LogP) is 2.15. The van der Waals surface area contributed by atoms with Crippen LogP contribution in [-0.2, 0) is 26.2 Å². The molecule has 2 rings (SSSR count). The number of hydrogen-bond donors (Lipinski definition) is 1. The zero-order chi connectivity index (χ0) is 23.9.